The number of alkyl halides is 2. The van der Waals surface area contributed by atoms with Crippen molar-refractivity contribution in [1.82, 2.24) is 9.55 Å². The van der Waals surface area contributed by atoms with Crippen molar-refractivity contribution in [3.8, 4) is 17.5 Å². The van der Waals surface area contributed by atoms with Gasteiger partial charge in [0.05, 0.1) is 12.3 Å². The Bertz CT molecular complexity index is 831. The van der Waals surface area contributed by atoms with Gasteiger partial charge in [-0.15, -0.1) is 0 Å². The second kappa shape index (κ2) is 8.07. The Kier molecular flexibility index (Phi) is 6.09. The predicted molar refractivity (Wildman–Crippen MR) is 87.9 cm³/mol. The molecule has 0 amide bonds. The van der Waals surface area contributed by atoms with Gasteiger partial charge in [-0.2, -0.15) is 14.0 Å². The van der Waals surface area contributed by atoms with Crippen molar-refractivity contribution < 1.29 is 23.0 Å². The molecule has 0 bridgehead atoms. The third kappa shape index (κ3) is 3.96. The van der Waals surface area contributed by atoms with Gasteiger partial charge in [-0.1, -0.05) is 22.9 Å². The molecule has 25 heavy (non-hydrogen) atoms. The number of rotatable bonds is 6. The van der Waals surface area contributed by atoms with Crippen molar-refractivity contribution in [3.05, 3.63) is 39.9 Å². The molecule has 0 fully saturated rings. The molecular weight excluding hydrogens is 400 g/mol. The zero-order valence-electron chi connectivity index (χ0n) is 13.4. The van der Waals surface area contributed by atoms with E-state index in [9.17, 15) is 18.8 Å². The highest BCUT2D eigenvalue weighted by Crippen LogP contribution is 2.31. The van der Waals surface area contributed by atoms with E-state index in [0.29, 0.717) is 16.7 Å². The van der Waals surface area contributed by atoms with Crippen LogP contribution < -0.4 is 4.74 Å². The molecule has 0 atom stereocenters. The number of esters is 1. The number of hydrogen-bond donors (Lipinski definition) is 0. The summed E-state index contributed by atoms with van der Waals surface area (Å²) < 4.78 is 36.8. The van der Waals surface area contributed by atoms with Gasteiger partial charge in [0.15, 0.2) is 17.1 Å². The molecule has 0 N–H and O–H groups in total. The molecule has 0 unspecified atom stereocenters. The monoisotopic (exact) mass is 413 g/mol. The lowest BCUT2D eigenvalue weighted by Gasteiger charge is -2.14. The molecule has 0 aliphatic heterocycles. The number of nitriles is 1. The zero-order chi connectivity index (χ0) is 18.6. The Labute approximate surface area is 151 Å². The molecule has 0 aliphatic carbocycles. The third-order valence-corrected chi connectivity index (χ3v) is 3.71. The lowest BCUT2D eigenvalue weighted by Crippen LogP contribution is -2.10. The molecule has 1 heterocycles. The van der Waals surface area contributed by atoms with E-state index < -0.39 is 12.6 Å². The van der Waals surface area contributed by atoms with Crippen LogP contribution >= 0.6 is 15.9 Å². The first kappa shape index (κ1) is 18.9. The van der Waals surface area contributed by atoms with Crippen LogP contribution in [0.4, 0.5) is 8.78 Å². The highest BCUT2D eigenvalue weighted by Gasteiger charge is 2.26. The minimum atomic E-state index is -3.04. The van der Waals surface area contributed by atoms with Gasteiger partial charge in [0.2, 0.25) is 0 Å². The van der Waals surface area contributed by atoms with Crippen LogP contribution in [0.3, 0.4) is 0 Å². The summed E-state index contributed by atoms with van der Waals surface area (Å²) in [4.78, 5) is 16.2. The first-order valence-corrected chi connectivity index (χ1v) is 8.15. The molecule has 2 rings (SSSR count). The average molecular weight is 414 g/mol. The van der Waals surface area contributed by atoms with Crippen LogP contribution in [0.15, 0.2) is 22.7 Å². The lowest BCUT2D eigenvalue weighted by atomic mass is 10.2. The van der Waals surface area contributed by atoms with Gasteiger partial charge in [0.1, 0.15) is 11.9 Å². The van der Waals surface area contributed by atoms with Crippen molar-refractivity contribution >= 4 is 21.9 Å². The molecule has 2 aromatic rings. The quantitative estimate of drug-likeness (QED) is 0.672. The maximum Gasteiger partial charge on any atom is 0.387 e. The second-order valence-corrected chi connectivity index (χ2v) is 5.65. The number of aromatic nitrogens is 2. The molecule has 0 spiro atoms. The molecule has 9 heteroatoms. The maximum atomic E-state index is 12.7. The lowest BCUT2D eigenvalue weighted by molar-refractivity contribution is -0.0499. The maximum absolute atomic E-state index is 12.7. The standard InChI is InChI=1S/C16H14BrF2N3O3/c1-3-13-21-14(15(23)24-4-2)11(8-20)22(13)10-6-5-9(17)7-12(10)25-16(18)19/h5-7,16H,3-4H2,1-2H3. The summed E-state index contributed by atoms with van der Waals surface area (Å²) in [6.07, 6.45) is 0.359. The smallest absolute Gasteiger partial charge is 0.387 e. The summed E-state index contributed by atoms with van der Waals surface area (Å²) in [6, 6.07) is 6.36. The van der Waals surface area contributed by atoms with E-state index in [1.165, 1.54) is 16.7 Å². The number of ether oxygens (including phenoxy) is 2. The Morgan fingerprint density at radius 3 is 2.72 bits per heavy atom. The molecule has 6 nitrogen and oxygen atoms in total. The van der Waals surface area contributed by atoms with Crippen molar-refractivity contribution in [2.45, 2.75) is 26.9 Å². The molecule has 1 aromatic heterocycles. The highest BCUT2D eigenvalue weighted by atomic mass is 79.9. The zero-order valence-corrected chi connectivity index (χ0v) is 15.0. The number of aryl methyl sites for hydroxylation is 1. The Hall–Kier alpha value is -2.47. The summed E-state index contributed by atoms with van der Waals surface area (Å²) in [5, 5.41) is 9.50. The fourth-order valence-electron chi connectivity index (χ4n) is 2.27. The van der Waals surface area contributed by atoms with Crippen molar-refractivity contribution in [2.75, 3.05) is 6.61 Å². The van der Waals surface area contributed by atoms with Crippen molar-refractivity contribution in [3.63, 3.8) is 0 Å². The van der Waals surface area contributed by atoms with Crippen molar-refractivity contribution in [2.24, 2.45) is 0 Å². The van der Waals surface area contributed by atoms with E-state index in [-0.39, 0.29) is 29.4 Å². The average Bonchev–Trinajstić information content (AvgIpc) is 2.93. The molecule has 0 saturated heterocycles. The van der Waals surface area contributed by atoms with Crippen LogP contribution in [0.5, 0.6) is 5.75 Å². The molecule has 0 aliphatic rings. The summed E-state index contributed by atoms with van der Waals surface area (Å²) >= 11 is 3.19. The van der Waals surface area contributed by atoms with Gasteiger partial charge < -0.3 is 9.47 Å². The van der Waals surface area contributed by atoms with E-state index in [1.807, 2.05) is 6.07 Å². The SMILES string of the molecule is CCOC(=O)c1nc(CC)n(-c2ccc(Br)cc2OC(F)F)c1C#N. The van der Waals surface area contributed by atoms with Crippen LogP contribution in [-0.2, 0) is 11.2 Å². The molecular formula is C16H14BrF2N3O3. The van der Waals surface area contributed by atoms with E-state index in [4.69, 9.17) is 4.74 Å². The summed E-state index contributed by atoms with van der Waals surface area (Å²) in [7, 11) is 0. The van der Waals surface area contributed by atoms with Gasteiger partial charge >= 0.3 is 12.6 Å². The molecule has 1 aromatic carbocycles. The number of halogens is 3. The van der Waals surface area contributed by atoms with E-state index >= 15 is 0 Å². The Morgan fingerprint density at radius 2 is 2.16 bits per heavy atom. The molecule has 0 saturated carbocycles. The highest BCUT2D eigenvalue weighted by molar-refractivity contribution is 9.10. The molecule has 0 radical (unpaired) electrons. The van der Waals surface area contributed by atoms with E-state index in [2.05, 4.69) is 25.7 Å². The van der Waals surface area contributed by atoms with Crippen LogP contribution in [0.1, 0.15) is 35.9 Å². The summed E-state index contributed by atoms with van der Waals surface area (Å²) in [6.45, 7) is 0.472. The third-order valence-electron chi connectivity index (χ3n) is 3.22. The minimum Gasteiger partial charge on any atom is -0.461 e. The number of benzene rings is 1. The number of carbonyl (C=O) groups is 1. The Balaban J connectivity index is 2.71. The topological polar surface area (TPSA) is 77.1 Å². The number of nitrogens with zero attached hydrogens (tertiary/aromatic N) is 3. The fourth-order valence-corrected chi connectivity index (χ4v) is 2.61. The van der Waals surface area contributed by atoms with Crippen LogP contribution in [-0.4, -0.2) is 28.7 Å². The van der Waals surface area contributed by atoms with Crippen LogP contribution in [0, 0.1) is 11.3 Å². The van der Waals surface area contributed by atoms with Gasteiger partial charge in [-0.25, -0.2) is 9.78 Å². The summed E-state index contributed by atoms with van der Waals surface area (Å²) in [5.41, 5.74) is -0.0798. The van der Waals surface area contributed by atoms with Crippen molar-refractivity contribution in [1.29, 1.82) is 5.26 Å². The van der Waals surface area contributed by atoms with Crippen LogP contribution in [0.2, 0.25) is 0 Å². The first-order chi connectivity index (χ1) is 11.9. The van der Waals surface area contributed by atoms with Gasteiger partial charge in [-0.3, -0.25) is 4.57 Å². The normalized spacial score (nSPS) is 10.6. The number of hydrogen-bond acceptors (Lipinski definition) is 5. The van der Waals surface area contributed by atoms with Gasteiger partial charge in [0, 0.05) is 10.9 Å². The molecule has 132 valence electrons. The Morgan fingerprint density at radius 1 is 1.44 bits per heavy atom. The minimum absolute atomic E-state index is 0.100. The first-order valence-electron chi connectivity index (χ1n) is 7.36. The predicted octanol–water partition coefficient (Wildman–Crippen LogP) is 3.85. The van der Waals surface area contributed by atoms with Gasteiger partial charge in [0.25, 0.3) is 0 Å². The van der Waals surface area contributed by atoms with E-state index in [0.717, 1.165) is 0 Å². The summed E-state index contributed by atoms with van der Waals surface area (Å²) in [5.74, 6) is -0.551. The second-order valence-electron chi connectivity index (χ2n) is 4.74. The van der Waals surface area contributed by atoms with E-state index in [1.54, 1.807) is 19.9 Å². The fraction of sp³-hybridized carbons (Fsp3) is 0.312. The number of carbonyl (C=O) groups excluding carboxylic acids is 1. The van der Waals surface area contributed by atoms with Crippen LogP contribution in [0.25, 0.3) is 5.69 Å². The largest absolute Gasteiger partial charge is 0.461 e. The van der Waals surface area contributed by atoms with Gasteiger partial charge in [-0.05, 0) is 25.1 Å². The number of imidazole rings is 1.